The summed E-state index contributed by atoms with van der Waals surface area (Å²) in [5.41, 5.74) is 37.6. The third-order valence-electron chi connectivity index (χ3n) is 28.3. The molecule has 0 spiro atoms. The standard InChI is InChI=1S/C49H35NO.C46H31NO.C40H27NO/c1-49(2)44-18-10-8-15-39(44)40-26-25-36(31-45(40)49)50(35-23-20-33(21-24-35)32-12-4-3-5-13-32)46-28-27-37(38-14-6-7-16-41(38)46)34-22-29-48-43(30-34)42-17-9-11-19-47(42)51-48;1-3-11-32(12-4-1)34-19-24-37(25-20-34)47(38-26-21-35(22-27-38)33-13-5-2-6-14-33)44-29-28-39(40-15-7-8-16-41(40)44)36-23-30-46-43(31-36)42-17-9-10-18-45(42)48-46;1-3-11-28(12-4-1)29-19-22-32(23-20-29)41(31-13-5-2-6-14-31)38-25-24-33(34-15-7-8-16-35(34)38)30-21-26-40-37(27-30)36-17-9-10-18-39(36)42-40/h3-31H,1-2H3;1-31H;1-27H. The van der Waals surface area contributed by atoms with Crippen LogP contribution in [0.1, 0.15) is 25.0 Å². The van der Waals surface area contributed by atoms with Gasteiger partial charge in [-0.25, -0.2) is 0 Å². The zero-order valence-corrected chi connectivity index (χ0v) is 77.8. The Labute approximate surface area is 818 Å². The van der Waals surface area contributed by atoms with E-state index in [9.17, 15) is 0 Å². The van der Waals surface area contributed by atoms with E-state index in [1.807, 2.05) is 36.4 Å². The van der Waals surface area contributed by atoms with Crippen molar-refractivity contribution >= 4 is 149 Å². The van der Waals surface area contributed by atoms with Gasteiger partial charge in [0.05, 0.1) is 17.1 Å². The summed E-state index contributed by atoms with van der Waals surface area (Å²) in [5, 5.41) is 14.0. The van der Waals surface area contributed by atoms with Crippen LogP contribution in [0.4, 0.5) is 51.2 Å². The first-order valence-electron chi connectivity index (χ1n) is 48.3. The van der Waals surface area contributed by atoms with E-state index in [4.69, 9.17) is 13.3 Å². The minimum atomic E-state index is -0.105. The number of hydrogen-bond donors (Lipinski definition) is 0. The fourth-order valence-electron chi connectivity index (χ4n) is 21.3. The molecule has 0 aliphatic heterocycles. The molecule has 0 unspecified atom stereocenters. The highest BCUT2D eigenvalue weighted by molar-refractivity contribution is 6.15. The first-order valence-corrected chi connectivity index (χ1v) is 48.3. The molecule has 0 atom stereocenters. The van der Waals surface area contributed by atoms with Crippen molar-refractivity contribution < 1.29 is 13.3 Å². The number of benzene rings is 23. The second kappa shape index (κ2) is 36.0. The predicted octanol–water partition coefficient (Wildman–Crippen LogP) is 38.6. The minimum Gasteiger partial charge on any atom is -0.456 e. The van der Waals surface area contributed by atoms with E-state index in [-0.39, 0.29) is 5.41 Å². The Morgan fingerprint density at radius 1 is 0.142 bits per heavy atom. The molecule has 0 fully saturated rings. The second-order valence-corrected chi connectivity index (χ2v) is 36.9. The van der Waals surface area contributed by atoms with Gasteiger partial charge < -0.3 is 28.0 Å². The van der Waals surface area contributed by atoms with Crippen LogP contribution >= 0.6 is 0 Å². The van der Waals surface area contributed by atoms with Crippen LogP contribution in [0.3, 0.4) is 0 Å². The van der Waals surface area contributed by atoms with Gasteiger partial charge in [0, 0.05) is 88.0 Å². The Hall–Kier alpha value is -18.4. The summed E-state index contributed by atoms with van der Waals surface area (Å²) in [6.45, 7) is 4.70. The molecule has 3 aromatic heterocycles. The van der Waals surface area contributed by atoms with Crippen LogP contribution in [0.2, 0.25) is 0 Å². The third kappa shape index (κ3) is 15.6. The van der Waals surface area contributed by atoms with Gasteiger partial charge in [0.15, 0.2) is 0 Å². The summed E-state index contributed by atoms with van der Waals surface area (Å²) in [6.07, 6.45) is 0. The molecule has 6 nitrogen and oxygen atoms in total. The summed E-state index contributed by atoms with van der Waals surface area (Å²) in [7, 11) is 0. The number of para-hydroxylation sites is 4. The van der Waals surface area contributed by atoms with Crippen molar-refractivity contribution in [2.45, 2.75) is 19.3 Å². The van der Waals surface area contributed by atoms with Gasteiger partial charge in [0.2, 0.25) is 0 Å². The number of fused-ring (bicyclic) bond motifs is 15. The highest BCUT2D eigenvalue weighted by Gasteiger charge is 2.36. The van der Waals surface area contributed by atoms with Crippen LogP contribution in [-0.2, 0) is 5.41 Å². The molecular weight excluding hydrogens is 1710 g/mol. The Morgan fingerprint density at radius 3 is 0.702 bits per heavy atom. The fourth-order valence-corrected chi connectivity index (χ4v) is 21.3. The van der Waals surface area contributed by atoms with Crippen molar-refractivity contribution in [3.63, 3.8) is 0 Å². The lowest BCUT2D eigenvalue weighted by Crippen LogP contribution is -2.16. The van der Waals surface area contributed by atoms with Gasteiger partial charge in [-0.15, -0.1) is 0 Å². The Morgan fingerprint density at radius 2 is 0.369 bits per heavy atom. The summed E-state index contributed by atoms with van der Waals surface area (Å²) >= 11 is 0. The van der Waals surface area contributed by atoms with Gasteiger partial charge in [0.1, 0.15) is 33.5 Å². The molecule has 0 N–H and O–H groups in total. The minimum absolute atomic E-state index is 0.105. The van der Waals surface area contributed by atoms with Crippen LogP contribution < -0.4 is 14.7 Å². The van der Waals surface area contributed by atoms with Crippen molar-refractivity contribution in [1.29, 1.82) is 0 Å². The number of hydrogen-bond acceptors (Lipinski definition) is 6. The molecule has 1 aliphatic rings. The summed E-state index contributed by atoms with van der Waals surface area (Å²) in [5.74, 6) is 0. The Balaban J connectivity index is 0.000000112. The monoisotopic (exact) mass is 1800 g/mol. The zero-order chi connectivity index (χ0) is 93.9. The van der Waals surface area contributed by atoms with Gasteiger partial charge >= 0.3 is 0 Å². The molecule has 0 radical (unpaired) electrons. The van der Waals surface area contributed by atoms with Gasteiger partial charge in [-0.05, 0) is 262 Å². The summed E-state index contributed by atoms with van der Waals surface area (Å²) in [4.78, 5) is 7.17. The maximum atomic E-state index is 6.18. The van der Waals surface area contributed by atoms with Gasteiger partial charge in [-0.2, -0.15) is 0 Å². The van der Waals surface area contributed by atoms with Crippen molar-refractivity contribution in [3.05, 3.63) is 539 Å². The van der Waals surface area contributed by atoms with Crippen LogP contribution in [0.25, 0.3) is 187 Å². The van der Waals surface area contributed by atoms with Crippen LogP contribution in [-0.4, -0.2) is 0 Å². The number of furan rings is 3. The lowest BCUT2D eigenvalue weighted by Gasteiger charge is -2.29. The molecule has 141 heavy (non-hydrogen) atoms. The molecule has 27 rings (SSSR count). The first kappa shape index (κ1) is 84.4. The van der Waals surface area contributed by atoms with E-state index >= 15 is 0 Å². The number of nitrogens with zero attached hydrogens (tertiary/aromatic N) is 3. The highest BCUT2D eigenvalue weighted by Crippen LogP contribution is 2.54. The zero-order valence-electron chi connectivity index (χ0n) is 77.8. The molecule has 0 amide bonds. The van der Waals surface area contributed by atoms with Crippen LogP contribution in [0.5, 0.6) is 0 Å². The molecule has 0 saturated heterocycles. The van der Waals surface area contributed by atoms with Crippen LogP contribution in [0.15, 0.2) is 541 Å². The van der Waals surface area contributed by atoms with E-state index in [0.717, 1.165) is 117 Å². The molecule has 1 aliphatic carbocycles. The van der Waals surface area contributed by atoms with E-state index in [1.54, 1.807) is 0 Å². The number of anilines is 9. The lowest BCUT2D eigenvalue weighted by atomic mass is 9.82. The van der Waals surface area contributed by atoms with Crippen molar-refractivity contribution in [2.75, 3.05) is 14.7 Å². The fraction of sp³-hybridized carbons (Fsp3) is 0.0222. The van der Waals surface area contributed by atoms with Gasteiger partial charge in [-0.3, -0.25) is 0 Å². The van der Waals surface area contributed by atoms with Crippen molar-refractivity contribution in [2.24, 2.45) is 0 Å². The maximum absolute atomic E-state index is 6.18. The Bertz CT molecular complexity index is 9090. The average Bonchev–Trinajstić information content (AvgIpc) is 1.61. The SMILES string of the molecule is CC1(C)c2ccccc2-c2ccc(N(c3ccc(-c4ccccc4)cc3)c3ccc(-c4ccc5oc6ccccc6c5c4)c4ccccc34)cc21.c1ccc(-c2ccc(N(c3ccc(-c4ccccc4)cc3)c3ccc(-c4ccc5oc6ccccc6c5c4)c4ccccc34)cc2)cc1.c1ccc(-c2ccc(N(c3ccccc3)c3ccc(-c4ccc5oc6ccccc6c5c4)c4ccccc34)cc2)cc1. The van der Waals surface area contributed by atoms with E-state index in [0.29, 0.717) is 0 Å². The smallest absolute Gasteiger partial charge is 0.135 e. The Kier molecular flexibility index (Phi) is 21.6. The quantitative estimate of drug-likeness (QED) is 0.0961. The highest BCUT2D eigenvalue weighted by atomic mass is 16.3. The maximum Gasteiger partial charge on any atom is 0.135 e. The third-order valence-corrected chi connectivity index (χ3v) is 28.3. The molecule has 0 saturated carbocycles. The first-order chi connectivity index (χ1) is 69.7. The molecular formula is C135H93N3O3. The van der Waals surface area contributed by atoms with E-state index < -0.39 is 0 Å². The molecule has 23 aromatic carbocycles. The van der Waals surface area contributed by atoms with Crippen molar-refractivity contribution in [1.82, 2.24) is 0 Å². The molecule has 0 bridgehead atoms. The molecule has 26 aromatic rings. The summed E-state index contributed by atoms with van der Waals surface area (Å²) in [6, 6.07) is 189. The largest absolute Gasteiger partial charge is 0.456 e. The van der Waals surface area contributed by atoms with E-state index in [1.165, 1.54) is 132 Å². The summed E-state index contributed by atoms with van der Waals surface area (Å²) < 4.78 is 18.4. The van der Waals surface area contributed by atoms with E-state index in [2.05, 4.69) is 520 Å². The van der Waals surface area contributed by atoms with Gasteiger partial charge in [0.25, 0.3) is 0 Å². The van der Waals surface area contributed by atoms with Crippen LogP contribution in [0, 0.1) is 0 Å². The normalized spacial score (nSPS) is 12.0. The number of rotatable bonds is 16. The predicted molar refractivity (Wildman–Crippen MR) is 593 cm³/mol. The van der Waals surface area contributed by atoms with Crippen molar-refractivity contribution in [3.8, 4) is 89.0 Å². The van der Waals surface area contributed by atoms with Gasteiger partial charge in [-0.1, -0.05) is 396 Å². The second-order valence-electron chi connectivity index (χ2n) is 36.9. The molecule has 3 heterocycles. The average molecular weight is 1810 g/mol. The topological polar surface area (TPSA) is 49.1 Å². The lowest BCUT2D eigenvalue weighted by molar-refractivity contribution is 0.660. The molecule has 666 valence electrons. The molecule has 6 heteroatoms.